The summed E-state index contributed by atoms with van der Waals surface area (Å²) in [7, 11) is -4.03. The zero-order chi connectivity index (χ0) is 22.7. The van der Waals surface area contributed by atoms with Gasteiger partial charge in [-0.1, -0.05) is 36.8 Å². The summed E-state index contributed by atoms with van der Waals surface area (Å²) in [4.78, 5) is 33.2. The Bertz CT molecular complexity index is 1020. The van der Waals surface area contributed by atoms with Crippen LogP contribution in [0.15, 0.2) is 42.5 Å². The molecule has 6 nitrogen and oxygen atoms in total. The molecule has 1 heterocycles. The fraction of sp³-hybridized carbons (Fsp3) is 0.480. The van der Waals surface area contributed by atoms with Crippen molar-refractivity contribution in [2.75, 3.05) is 11.1 Å². The molecule has 1 aliphatic carbocycles. The van der Waals surface area contributed by atoms with Crippen molar-refractivity contribution >= 4 is 19.2 Å². The molecule has 0 bridgehead atoms. The smallest absolute Gasteiger partial charge is 0.325 e. The van der Waals surface area contributed by atoms with E-state index in [2.05, 4.69) is 6.07 Å². The van der Waals surface area contributed by atoms with Gasteiger partial charge in [-0.2, -0.15) is 0 Å². The first-order valence-corrected chi connectivity index (χ1v) is 13.4. The zero-order valence-corrected chi connectivity index (χ0v) is 19.2. The Labute approximate surface area is 189 Å². The summed E-state index contributed by atoms with van der Waals surface area (Å²) < 4.78 is 11.2. The molecule has 3 N–H and O–H groups in total. The van der Waals surface area contributed by atoms with Gasteiger partial charge in [0.1, 0.15) is 0 Å². The van der Waals surface area contributed by atoms with E-state index in [-0.39, 0.29) is 18.1 Å². The third-order valence-corrected chi connectivity index (χ3v) is 7.46. The number of aryl methyl sites for hydroxylation is 2. The van der Waals surface area contributed by atoms with E-state index in [9.17, 15) is 14.5 Å². The summed E-state index contributed by atoms with van der Waals surface area (Å²) in [5.41, 5.74) is 5.01. The molecule has 0 aromatic heterocycles. The molecule has 1 aliphatic heterocycles. The molecule has 2 aromatic carbocycles. The van der Waals surface area contributed by atoms with Gasteiger partial charge in [-0.3, -0.25) is 9.36 Å². The summed E-state index contributed by atoms with van der Waals surface area (Å²) in [5.74, 6) is 0.132. The number of aliphatic hydroxyl groups excluding tert-OH is 1. The predicted octanol–water partition coefficient (Wildman–Crippen LogP) is 4.29. The van der Waals surface area contributed by atoms with Crippen molar-refractivity contribution in [3.05, 3.63) is 64.7 Å². The van der Waals surface area contributed by atoms with Crippen LogP contribution in [0.3, 0.4) is 0 Å². The van der Waals surface area contributed by atoms with Crippen molar-refractivity contribution in [3.8, 4) is 0 Å². The zero-order valence-electron chi connectivity index (χ0n) is 18.3. The minimum atomic E-state index is -4.03. The molecule has 2 unspecified atom stereocenters. The Morgan fingerprint density at radius 2 is 1.78 bits per heavy atom. The first-order valence-electron chi connectivity index (χ1n) is 11.6. The predicted molar refractivity (Wildman–Crippen MR) is 125 cm³/mol. The molecular weight excluding hydrogens is 425 g/mol. The molecule has 0 saturated carbocycles. The molecule has 2 atom stereocenters. The third kappa shape index (κ3) is 5.68. The van der Waals surface area contributed by atoms with Gasteiger partial charge < -0.3 is 19.8 Å². The van der Waals surface area contributed by atoms with Gasteiger partial charge in [0.15, 0.2) is 0 Å². The summed E-state index contributed by atoms with van der Waals surface area (Å²) in [6, 6.07) is 13.9. The van der Waals surface area contributed by atoms with E-state index >= 15 is 0 Å². The average Bonchev–Trinajstić information content (AvgIpc) is 2.93. The van der Waals surface area contributed by atoms with Crippen LogP contribution in [0.25, 0.3) is 0 Å². The lowest BCUT2D eigenvalue weighted by Crippen LogP contribution is -2.45. The highest BCUT2D eigenvalue weighted by molar-refractivity contribution is 7.51. The van der Waals surface area contributed by atoms with Crippen LogP contribution < -0.4 is 4.90 Å². The van der Waals surface area contributed by atoms with Gasteiger partial charge in [0, 0.05) is 18.2 Å². The molecule has 32 heavy (non-hydrogen) atoms. The lowest BCUT2D eigenvalue weighted by Gasteiger charge is -2.36. The Balaban J connectivity index is 1.56. The molecule has 0 radical (unpaired) electrons. The van der Waals surface area contributed by atoms with Crippen LogP contribution in [0, 0.1) is 0 Å². The number of piperidine rings is 1. The number of rotatable bonds is 6. The maximum Gasteiger partial charge on any atom is 0.325 e. The fourth-order valence-corrected chi connectivity index (χ4v) is 5.59. The molecule has 172 valence electrons. The van der Waals surface area contributed by atoms with E-state index in [1.54, 1.807) is 0 Å². The van der Waals surface area contributed by atoms with Gasteiger partial charge in [0.25, 0.3) is 0 Å². The number of anilines is 1. The minimum absolute atomic E-state index is 0.0436. The number of carbonyl (C=O) groups excluding carboxylic acids is 1. The van der Waals surface area contributed by atoms with Gasteiger partial charge >= 0.3 is 7.60 Å². The third-order valence-electron chi connectivity index (χ3n) is 6.65. The van der Waals surface area contributed by atoms with Crippen molar-refractivity contribution in [2.24, 2.45) is 0 Å². The highest BCUT2D eigenvalue weighted by Crippen LogP contribution is 2.36. The van der Waals surface area contributed by atoms with Crippen molar-refractivity contribution in [3.63, 3.8) is 0 Å². The topological polar surface area (TPSA) is 98.1 Å². The van der Waals surface area contributed by atoms with E-state index in [0.29, 0.717) is 19.3 Å². The number of fused-ring (bicyclic) bond motifs is 1. The Kier molecular flexibility index (Phi) is 7.16. The van der Waals surface area contributed by atoms with Crippen LogP contribution in [0.5, 0.6) is 0 Å². The number of benzene rings is 2. The van der Waals surface area contributed by atoms with Gasteiger partial charge in [-0.05, 0) is 79.3 Å². The minimum Gasteiger partial charge on any atom is -0.388 e. The number of aliphatic hydroxyl groups is 1. The second-order valence-corrected chi connectivity index (χ2v) is 10.9. The highest BCUT2D eigenvalue weighted by Gasteiger charge is 2.30. The first kappa shape index (κ1) is 23.2. The van der Waals surface area contributed by atoms with Crippen molar-refractivity contribution in [1.82, 2.24) is 0 Å². The normalized spacial score (nSPS) is 21.8. The van der Waals surface area contributed by atoms with Crippen LogP contribution in [-0.2, 0) is 28.6 Å². The van der Waals surface area contributed by atoms with Crippen LogP contribution in [0.1, 0.15) is 66.9 Å². The van der Waals surface area contributed by atoms with E-state index in [4.69, 9.17) is 9.79 Å². The number of hydrogen-bond donors (Lipinski definition) is 3. The van der Waals surface area contributed by atoms with E-state index in [1.807, 2.05) is 41.3 Å². The van der Waals surface area contributed by atoms with E-state index < -0.39 is 13.7 Å². The Morgan fingerprint density at radius 3 is 2.59 bits per heavy atom. The largest absolute Gasteiger partial charge is 0.388 e. The molecular formula is C25H32NO5P. The summed E-state index contributed by atoms with van der Waals surface area (Å²) in [5, 5.41) is 10.4. The monoisotopic (exact) mass is 457 g/mol. The number of hydrogen-bond acceptors (Lipinski definition) is 3. The van der Waals surface area contributed by atoms with Crippen LogP contribution in [0.4, 0.5) is 5.69 Å². The second kappa shape index (κ2) is 9.88. The lowest BCUT2D eigenvalue weighted by molar-refractivity contribution is -0.120. The van der Waals surface area contributed by atoms with Gasteiger partial charge in [0.2, 0.25) is 5.91 Å². The number of carbonyl (C=O) groups is 1. The maximum absolute atomic E-state index is 13.0. The lowest BCUT2D eigenvalue weighted by atomic mass is 9.92. The average molecular weight is 458 g/mol. The molecule has 4 rings (SSSR count). The molecule has 1 fully saturated rings. The van der Waals surface area contributed by atoms with Crippen molar-refractivity contribution in [1.29, 1.82) is 0 Å². The van der Waals surface area contributed by atoms with Crippen molar-refractivity contribution in [2.45, 2.75) is 69.9 Å². The summed E-state index contributed by atoms with van der Waals surface area (Å²) in [6.45, 7) is 0. The van der Waals surface area contributed by atoms with Crippen LogP contribution >= 0.6 is 7.60 Å². The maximum atomic E-state index is 13.0. The second-order valence-electron chi connectivity index (χ2n) is 9.12. The van der Waals surface area contributed by atoms with E-state index in [0.717, 1.165) is 66.5 Å². The standard InChI is InChI=1S/C25H32NO5P/c27-24-9-2-1-7-20-17-22(11-12-23(20)24)26-21(8-4-10-25(26)28)16-19-6-3-5-18(15-19)13-14-32(29,30)31/h3,5-6,11-12,15,17,21,24,27H,1-2,4,7-10,13-14,16H2,(H2,29,30,31). The van der Waals surface area contributed by atoms with Crippen LogP contribution in [0.2, 0.25) is 0 Å². The van der Waals surface area contributed by atoms with Gasteiger partial charge in [-0.15, -0.1) is 0 Å². The quantitative estimate of drug-likeness (QED) is 0.444. The Hall–Kier alpha value is -1.98. The Morgan fingerprint density at radius 1 is 0.969 bits per heavy atom. The molecule has 7 heteroatoms. The van der Waals surface area contributed by atoms with Gasteiger partial charge in [-0.25, -0.2) is 0 Å². The summed E-state index contributed by atoms with van der Waals surface area (Å²) in [6.07, 6.45) is 6.54. The number of nitrogens with zero attached hydrogens (tertiary/aromatic N) is 1. The first-order chi connectivity index (χ1) is 15.3. The van der Waals surface area contributed by atoms with Crippen LogP contribution in [-0.4, -0.2) is 33.0 Å². The molecule has 2 aliphatic rings. The highest BCUT2D eigenvalue weighted by atomic mass is 31.2. The number of amides is 1. The fourth-order valence-electron chi connectivity index (χ4n) is 5.04. The molecule has 0 spiro atoms. The SMILES string of the molecule is O=C1CCCC(Cc2cccc(CCP(=O)(O)O)c2)N1c1ccc2c(c1)CCCCC2O. The van der Waals surface area contributed by atoms with E-state index in [1.165, 1.54) is 0 Å². The summed E-state index contributed by atoms with van der Waals surface area (Å²) >= 11 is 0. The molecule has 1 saturated heterocycles. The van der Waals surface area contributed by atoms with Crippen molar-refractivity contribution < 1.29 is 24.3 Å². The van der Waals surface area contributed by atoms with Gasteiger partial charge in [0.05, 0.1) is 12.3 Å². The molecule has 1 amide bonds. The molecule has 2 aromatic rings.